The number of hydrogen-bond acceptors (Lipinski definition) is 6. The number of nitrogens with one attached hydrogen (secondary N) is 1. The number of para-hydroxylation sites is 1. The van der Waals surface area contributed by atoms with Crippen LogP contribution in [0.4, 0.5) is 5.13 Å². The van der Waals surface area contributed by atoms with Gasteiger partial charge in [-0.25, -0.2) is 4.98 Å². The van der Waals surface area contributed by atoms with Crippen LogP contribution in [0, 0.1) is 0 Å². The number of benzene rings is 2. The summed E-state index contributed by atoms with van der Waals surface area (Å²) in [5.41, 5.74) is 1.87. The number of methoxy groups -OCH3 is 1. The van der Waals surface area contributed by atoms with Crippen LogP contribution in [0.2, 0.25) is 0 Å². The standard InChI is InChI=1S/C19H16N2O3S2/c1-23-12-6-8-13(9-7-12)25-11-17(22)20-19-21-18-14-4-2-3-5-15(14)24-10-16(18)26-19/h2-9H,10-11H2,1H3,(H,20,21,22). The summed E-state index contributed by atoms with van der Waals surface area (Å²) < 4.78 is 10.9. The number of hydrogen-bond donors (Lipinski definition) is 1. The Morgan fingerprint density at radius 3 is 2.88 bits per heavy atom. The van der Waals surface area contributed by atoms with E-state index in [2.05, 4.69) is 10.3 Å². The third-order valence-corrected chi connectivity index (χ3v) is 5.83. The van der Waals surface area contributed by atoms with Crippen molar-refractivity contribution in [2.45, 2.75) is 11.5 Å². The Balaban J connectivity index is 1.40. The van der Waals surface area contributed by atoms with Gasteiger partial charge in [-0.15, -0.1) is 11.8 Å². The Labute approximate surface area is 159 Å². The van der Waals surface area contributed by atoms with E-state index >= 15 is 0 Å². The highest BCUT2D eigenvalue weighted by Crippen LogP contribution is 2.40. The molecule has 1 aliphatic heterocycles. The second kappa shape index (κ2) is 7.39. The monoisotopic (exact) mass is 384 g/mol. The maximum Gasteiger partial charge on any atom is 0.236 e. The first-order chi connectivity index (χ1) is 12.7. The van der Waals surface area contributed by atoms with E-state index < -0.39 is 0 Å². The number of carbonyl (C=O) groups is 1. The van der Waals surface area contributed by atoms with E-state index in [9.17, 15) is 4.79 Å². The number of thiazole rings is 1. The molecule has 0 bridgehead atoms. The number of fused-ring (bicyclic) bond motifs is 3. The third kappa shape index (κ3) is 3.54. The van der Waals surface area contributed by atoms with Crippen LogP contribution < -0.4 is 14.8 Å². The van der Waals surface area contributed by atoms with Gasteiger partial charge < -0.3 is 14.8 Å². The van der Waals surface area contributed by atoms with Crippen LogP contribution in [0.3, 0.4) is 0 Å². The van der Waals surface area contributed by atoms with Gasteiger partial charge in [0.2, 0.25) is 5.91 Å². The van der Waals surface area contributed by atoms with E-state index in [1.807, 2.05) is 48.5 Å². The number of rotatable bonds is 5. The number of carbonyl (C=O) groups excluding carboxylic acids is 1. The van der Waals surface area contributed by atoms with E-state index in [1.54, 1.807) is 7.11 Å². The van der Waals surface area contributed by atoms with Gasteiger partial charge >= 0.3 is 0 Å². The number of thioether (sulfide) groups is 1. The molecule has 1 aromatic heterocycles. The fourth-order valence-corrected chi connectivity index (χ4v) is 4.22. The van der Waals surface area contributed by atoms with Crippen molar-refractivity contribution in [2.24, 2.45) is 0 Å². The zero-order valence-electron chi connectivity index (χ0n) is 14.0. The second-order valence-corrected chi connectivity index (χ2v) is 7.72. The van der Waals surface area contributed by atoms with Crippen LogP contribution in [-0.2, 0) is 11.4 Å². The highest BCUT2D eigenvalue weighted by molar-refractivity contribution is 8.00. The fourth-order valence-electron chi connectivity index (χ4n) is 2.62. The van der Waals surface area contributed by atoms with Gasteiger partial charge in [-0.1, -0.05) is 23.5 Å². The summed E-state index contributed by atoms with van der Waals surface area (Å²) in [4.78, 5) is 18.9. The molecule has 0 spiro atoms. The molecule has 0 saturated carbocycles. The summed E-state index contributed by atoms with van der Waals surface area (Å²) in [7, 11) is 1.63. The van der Waals surface area contributed by atoms with E-state index in [-0.39, 0.29) is 5.91 Å². The molecule has 132 valence electrons. The highest BCUT2D eigenvalue weighted by atomic mass is 32.2. The molecule has 7 heteroatoms. The van der Waals surface area contributed by atoms with Gasteiger partial charge in [-0.2, -0.15) is 0 Å². The predicted molar refractivity (Wildman–Crippen MR) is 104 cm³/mol. The number of aromatic nitrogens is 1. The average Bonchev–Trinajstić information content (AvgIpc) is 3.09. The molecule has 26 heavy (non-hydrogen) atoms. The van der Waals surface area contributed by atoms with Crippen LogP contribution in [-0.4, -0.2) is 23.8 Å². The fraction of sp³-hybridized carbons (Fsp3) is 0.158. The smallest absolute Gasteiger partial charge is 0.236 e. The van der Waals surface area contributed by atoms with Crippen molar-refractivity contribution in [3.05, 3.63) is 53.4 Å². The maximum atomic E-state index is 12.2. The number of nitrogens with zero attached hydrogens (tertiary/aromatic N) is 1. The van der Waals surface area contributed by atoms with E-state index in [0.717, 1.165) is 32.5 Å². The first-order valence-corrected chi connectivity index (χ1v) is 9.82. The molecule has 0 fully saturated rings. The lowest BCUT2D eigenvalue weighted by Gasteiger charge is -2.15. The molecular formula is C19H16N2O3S2. The summed E-state index contributed by atoms with van der Waals surface area (Å²) in [5, 5.41) is 3.50. The van der Waals surface area contributed by atoms with Crippen molar-refractivity contribution < 1.29 is 14.3 Å². The molecule has 0 aliphatic carbocycles. The van der Waals surface area contributed by atoms with Crippen LogP contribution in [0.1, 0.15) is 4.88 Å². The van der Waals surface area contributed by atoms with Gasteiger partial charge in [0.1, 0.15) is 18.1 Å². The molecular weight excluding hydrogens is 368 g/mol. The molecule has 5 nitrogen and oxygen atoms in total. The van der Waals surface area contributed by atoms with Crippen molar-refractivity contribution in [2.75, 3.05) is 18.2 Å². The predicted octanol–water partition coefficient (Wildman–Crippen LogP) is 4.44. The van der Waals surface area contributed by atoms with E-state index in [0.29, 0.717) is 17.5 Å². The minimum absolute atomic E-state index is 0.0777. The molecule has 1 aliphatic rings. The molecule has 2 heterocycles. The molecule has 2 aromatic carbocycles. The van der Waals surface area contributed by atoms with Gasteiger partial charge in [0.05, 0.1) is 23.4 Å². The van der Waals surface area contributed by atoms with Crippen LogP contribution in [0.5, 0.6) is 11.5 Å². The van der Waals surface area contributed by atoms with Gasteiger partial charge in [0.15, 0.2) is 5.13 Å². The first kappa shape index (κ1) is 16.9. The van der Waals surface area contributed by atoms with Crippen LogP contribution in [0.25, 0.3) is 11.3 Å². The molecule has 4 rings (SSSR count). The Hall–Kier alpha value is -2.51. The summed E-state index contributed by atoms with van der Waals surface area (Å²) in [5.74, 6) is 1.88. The molecule has 1 N–H and O–H groups in total. The zero-order chi connectivity index (χ0) is 17.9. The highest BCUT2D eigenvalue weighted by Gasteiger charge is 2.22. The average molecular weight is 384 g/mol. The summed E-state index contributed by atoms with van der Waals surface area (Å²) in [6.07, 6.45) is 0. The number of anilines is 1. The summed E-state index contributed by atoms with van der Waals surface area (Å²) in [6.45, 7) is 0.487. The van der Waals surface area contributed by atoms with Crippen molar-refractivity contribution in [1.82, 2.24) is 4.98 Å². The number of amides is 1. The van der Waals surface area contributed by atoms with Crippen molar-refractivity contribution >= 4 is 34.1 Å². The summed E-state index contributed by atoms with van der Waals surface area (Å²) in [6, 6.07) is 15.5. The van der Waals surface area contributed by atoms with Crippen molar-refractivity contribution in [3.63, 3.8) is 0 Å². The molecule has 0 saturated heterocycles. The second-order valence-electron chi connectivity index (χ2n) is 5.59. The Morgan fingerprint density at radius 2 is 2.08 bits per heavy atom. The Morgan fingerprint density at radius 1 is 1.27 bits per heavy atom. The van der Waals surface area contributed by atoms with Crippen LogP contribution >= 0.6 is 23.1 Å². The maximum absolute atomic E-state index is 12.2. The molecule has 1 amide bonds. The van der Waals surface area contributed by atoms with Gasteiger partial charge in [0, 0.05) is 10.5 Å². The minimum Gasteiger partial charge on any atom is -0.497 e. The number of ether oxygens (including phenoxy) is 2. The molecule has 0 radical (unpaired) electrons. The van der Waals surface area contributed by atoms with Gasteiger partial charge in [-0.05, 0) is 36.4 Å². The largest absolute Gasteiger partial charge is 0.497 e. The Kier molecular flexibility index (Phi) is 4.81. The van der Waals surface area contributed by atoms with Gasteiger partial charge in [0.25, 0.3) is 0 Å². The lowest BCUT2D eigenvalue weighted by Crippen LogP contribution is -2.13. The quantitative estimate of drug-likeness (QED) is 0.659. The molecule has 0 unspecified atom stereocenters. The topological polar surface area (TPSA) is 60.5 Å². The first-order valence-electron chi connectivity index (χ1n) is 8.01. The summed E-state index contributed by atoms with van der Waals surface area (Å²) >= 11 is 2.93. The lowest BCUT2D eigenvalue weighted by molar-refractivity contribution is -0.113. The molecule has 3 aromatic rings. The van der Waals surface area contributed by atoms with E-state index in [4.69, 9.17) is 9.47 Å². The lowest BCUT2D eigenvalue weighted by atomic mass is 10.1. The van der Waals surface area contributed by atoms with E-state index in [1.165, 1.54) is 23.1 Å². The van der Waals surface area contributed by atoms with Crippen molar-refractivity contribution in [1.29, 1.82) is 0 Å². The third-order valence-electron chi connectivity index (χ3n) is 3.87. The van der Waals surface area contributed by atoms with Crippen molar-refractivity contribution in [3.8, 4) is 22.8 Å². The molecule has 0 atom stereocenters. The minimum atomic E-state index is -0.0777. The Bertz CT molecular complexity index is 938. The SMILES string of the molecule is COc1ccc(SCC(=O)Nc2nc3c(s2)COc2ccccc2-3)cc1. The zero-order valence-corrected chi connectivity index (χ0v) is 15.7. The van der Waals surface area contributed by atoms with Crippen LogP contribution in [0.15, 0.2) is 53.4 Å². The van der Waals surface area contributed by atoms with Gasteiger partial charge in [-0.3, -0.25) is 4.79 Å². The normalized spacial score (nSPS) is 11.9.